The van der Waals surface area contributed by atoms with Crippen molar-refractivity contribution < 1.29 is 9.59 Å². The molecule has 2 amide bonds. The smallest absolute Gasteiger partial charge is 0.228 e. The van der Waals surface area contributed by atoms with E-state index < -0.39 is 0 Å². The summed E-state index contributed by atoms with van der Waals surface area (Å²) in [6.45, 7) is 0. The summed E-state index contributed by atoms with van der Waals surface area (Å²) in [5.74, 6) is -0.605. The Morgan fingerprint density at radius 2 is 1.62 bits per heavy atom. The summed E-state index contributed by atoms with van der Waals surface area (Å²) in [6, 6.07) is 5.20. The SMILES string of the molecule is O=C(Nc1ccc(Cl)cc1Cl)C1CC1C(=O)NC1CCCCCC1. The molecular formula is C18H22Cl2N2O2. The van der Waals surface area contributed by atoms with Gasteiger partial charge in [-0.2, -0.15) is 0 Å². The molecular weight excluding hydrogens is 347 g/mol. The molecule has 0 spiro atoms. The van der Waals surface area contributed by atoms with Gasteiger partial charge in [0, 0.05) is 11.1 Å². The zero-order valence-electron chi connectivity index (χ0n) is 13.5. The van der Waals surface area contributed by atoms with Crippen LogP contribution in [0.5, 0.6) is 0 Å². The van der Waals surface area contributed by atoms with Gasteiger partial charge in [-0.25, -0.2) is 0 Å². The summed E-state index contributed by atoms with van der Waals surface area (Å²) in [6.07, 6.45) is 7.57. The van der Waals surface area contributed by atoms with Crippen molar-refractivity contribution in [1.29, 1.82) is 0 Å². The van der Waals surface area contributed by atoms with E-state index in [0.717, 1.165) is 12.8 Å². The molecule has 2 N–H and O–H groups in total. The Hall–Kier alpha value is -1.26. The van der Waals surface area contributed by atoms with Crippen LogP contribution in [0.4, 0.5) is 5.69 Å². The molecule has 2 aliphatic carbocycles. The summed E-state index contributed by atoms with van der Waals surface area (Å²) in [7, 11) is 0. The summed E-state index contributed by atoms with van der Waals surface area (Å²) >= 11 is 11.9. The number of carbonyl (C=O) groups is 2. The van der Waals surface area contributed by atoms with Crippen LogP contribution in [0, 0.1) is 11.8 Å². The zero-order valence-corrected chi connectivity index (χ0v) is 15.0. The lowest BCUT2D eigenvalue weighted by Gasteiger charge is -2.16. The van der Waals surface area contributed by atoms with Crippen molar-refractivity contribution in [2.24, 2.45) is 11.8 Å². The lowest BCUT2D eigenvalue weighted by Crippen LogP contribution is -2.36. The number of benzene rings is 1. The summed E-state index contributed by atoms with van der Waals surface area (Å²) in [5, 5.41) is 6.83. The summed E-state index contributed by atoms with van der Waals surface area (Å²) in [5.41, 5.74) is 0.529. The third-order valence-electron chi connectivity index (χ3n) is 4.85. The van der Waals surface area contributed by atoms with Gasteiger partial charge < -0.3 is 10.6 Å². The molecule has 2 unspecified atom stereocenters. The van der Waals surface area contributed by atoms with Gasteiger partial charge in [0.1, 0.15) is 0 Å². The van der Waals surface area contributed by atoms with Gasteiger partial charge in [-0.3, -0.25) is 9.59 Å². The standard InChI is InChI=1S/C18H22Cl2N2O2/c19-11-7-8-16(15(20)9-11)22-18(24)14-10-13(14)17(23)21-12-5-3-1-2-4-6-12/h7-9,12-14H,1-6,10H2,(H,21,23)(H,22,24). The Morgan fingerprint density at radius 3 is 2.29 bits per heavy atom. The lowest BCUT2D eigenvalue weighted by molar-refractivity contribution is -0.125. The fourth-order valence-corrected chi connectivity index (χ4v) is 3.78. The Morgan fingerprint density at radius 1 is 0.958 bits per heavy atom. The Kier molecular flexibility index (Phi) is 5.67. The predicted octanol–water partition coefficient (Wildman–Crippen LogP) is 4.41. The van der Waals surface area contributed by atoms with Gasteiger partial charge in [0.05, 0.1) is 22.5 Å². The number of halogens is 2. The van der Waals surface area contributed by atoms with Crippen molar-refractivity contribution in [2.75, 3.05) is 5.32 Å². The van der Waals surface area contributed by atoms with Gasteiger partial charge in [0.15, 0.2) is 0 Å². The van der Waals surface area contributed by atoms with Crippen LogP contribution in [-0.2, 0) is 9.59 Å². The molecule has 6 heteroatoms. The van der Waals surface area contributed by atoms with E-state index in [2.05, 4.69) is 10.6 Å². The number of amides is 2. The molecule has 24 heavy (non-hydrogen) atoms. The van der Waals surface area contributed by atoms with Crippen molar-refractivity contribution in [1.82, 2.24) is 5.32 Å². The summed E-state index contributed by atoms with van der Waals surface area (Å²) in [4.78, 5) is 24.6. The van der Waals surface area contributed by atoms with Gasteiger partial charge >= 0.3 is 0 Å². The van der Waals surface area contributed by atoms with Gasteiger partial charge in [0.2, 0.25) is 11.8 Å². The molecule has 4 nitrogen and oxygen atoms in total. The van der Waals surface area contributed by atoms with Gasteiger partial charge in [0.25, 0.3) is 0 Å². The molecule has 1 aromatic carbocycles. The second-order valence-corrected chi connectivity index (χ2v) is 7.60. The number of rotatable bonds is 4. The van der Waals surface area contributed by atoms with Crippen molar-refractivity contribution in [3.63, 3.8) is 0 Å². The highest BCUT2D eigenvalue weighted by atomic mass is 35.5. The number of nitrogens with one attached hydrogen (secondary N) is 2. The van der Waals surface area contributed by atoms with E-state index in [1.54, 1.807) is 18.2 Å². The molecule has 2 saturated carbocycles. The average molecular weight is 369 g/mol. The van der Waals surface area contributed by atoms with E-state index in [9.17, 15) is 9.59 Å². The van der Waals surface area contributed by atoms with Crippen LogP contribution in [0.25, 0.3) is 0 Å². The molecule has 0 saturated heterocycles. The van der Waals surface area contributed by atoms with Crippen LogP contribution in [0.1, 0.15) is 44.9 Å². The highest BCUT2D eigenvalue weighted by Gasteiger charge is 2.48. The molecule has 0 aliphatic heterocycles. The average Bonchev–Trinajstić information content (AvgIpc) is 3.34. The van der Waals surface area contributed by atoms with Crippen molar-refractivity contribution in [3.8, 4) is 0 Å². The maximum Gasteiger partial charge on any atom is 0.228 e. The van der Waals surface area contributed by atoms with Crippen LogP contribution in [0.2, 0.25) is 10.0 Å². The molecule has 0 bridgehead atoms. The zero-order chi connectivity index (χ0) is 17.1. The van der Waals surface area contributed by atoms with E-state index in [0.29, 0.717) is 22.2 Å². The van der Waals surface area contributed by atoms with Crippen LogP contribution < -0.4 is 10.6 Å². The molecule has 2 fully saturated rings. The minimum absolute atomic E-state index is 0.0178. The van der Waals surface area contributed by atoms with E-state index >= 15 is 0 Å². The van der Waals surface area contributed by atoms with Crippen molar-refractivity contribution in [2.45, 2.75) is 51.0 Å². The van der Waals surface area contributed by atoms with Gasteiger partial charge in [-0.1, -0.05) is 48.9 Å². The highest BCUT2D eigenvalue weighted by molar-refractivity contribution is 6.36. The minimum atomic E-state index is -0.262. The summed E-state index contributed by atoms with van der Waals surface area (Å²) < 4.78 is 0. The molecule has 2 aliphatic rings. The van der Waals surface area contributed by atoms with Crippen LogP contribution in [0.3, 0.4) is 0 Å². The van der Waals surface area contributed by atoms with Gasteiger partial charge in [-0.05, 0) is 37.5 Å². The van der Waals surface area contributed by atoms with E-state index in [4.69, 9.17) is 23.2 Å². The largest absolute Gasteiger partial charge is 0.353 e. The molecule has 1 aromatic rings. The maximum atomic E-state index is 12.3. The topological polar surface area (TPSA) is 58.2 Å². The fourth-order valence-electron chi connectivity index (χ4n) is 3.32. The number of hydrogen-bond donors (Lipinski definition) is 2. The highest BCUT2D eigenvalue weighted by Crippen LogP contribution is 2.40. The third kappa shape index (κ3) is 4.42. The Balaban J connectivity index is 1.50. The number of hydrogen-bond acceptors (Lipinski definition) is 2. The quantitative estimate of drug-likeness (QED) is 0.773. The second-order valence-electron chi connectivity index (χ2n) is 6.76. The number of carbonyl (C=O) groups excluding carboxylic acids is 2. The van der Waals surface area contributed by atoms with Gasteiger partial charge in [-0.15, -0.1) is 0 Å². The molecule has 0 radical (unpaired) electrons. The maximum absolute atomic E-state index is 12.3. The first kappa shape index (κ1) is 17.6. The fraction of sp³-hybridized carbons (Fsp3) is 0.556. The van der Waals surface area contributed by atoms with E-state index in [1.807, 2.05) is 0 Å². The van der Waals surface area contributed by atoms with Crippen molar-refractivity contribution >= 4 is 40.7 Å². The molecule has 3 rings (SSSR count). The first-order chi connectivity index (χ1) is 11.5. The lowest BCUT2D eigenvalue weighted by atomic mass is 10.1. The van der Waals surface area contributed by atoms with Crippen molar-refractivity contribution in [3.05, 3.63) is 28.2 Å². The third-order valence-corrected chi connectivity index (χ3v) is 5.40. The monoisotopic (exact) mass is 368 g/mol. The Bertz CT molecular complexity index is 627. The van der Waals surface area contributed by atoms with Crippen LogP contribution in [-0.4, -0.2) is 17.9 Å². The van der Waals surface area contributed by atoms with Crippen LogP contribution in [0.15, 0.2) is 18.2 Å². The first-order valence-corrected chi connectivity index (χ1v) is 9.36. The molecule has 0 aromatic heterocycles. The molecule has 0 heterocycles. The minimum Gasteiger partial charge on any atom is -0.353 e. The van der Waals surface area contributed by atoms with E-state index in [-0.39, 0.29) is 29.7 Å². The Labute approximate surface area is 152 Å². The first-order valence-electron chi connectivity index (χ1n) is 8.61. The predicted molar refractivity (Wildman–Crippen MR) is 96.3 cm³/mol. The van der Waals surface area contributed by atoms with Crippen LogP contribution >= 0.6 is 23.2 Å². The normalized spacial score (nSPS) is 24.1. The second kappa shape index (κ2) is 7.75. The van der Waals surface area contributed by atoms with E-state index in [1.165, 1.54) is 25.7 Å². The number of anilines is 1. The molecule has 130 valence electrons. The molecule has 2 atom stereocenters.